The number of aliphatic hydroxyl groups excluding tert-OH is 1. The second-order valence-electron chi connectivity index (χ2n) is 4.90. The maximum Gasteiger partial charge on any atom is 0.111 e. The number of hydrogen-bond acceptors (Lipinski definition) is 4. The molecule has 1 aliphatic rings. The number of aromatic nitrogens is 1. The number of allylic oxidation sites excluding steroid dienone is 4. The van der Waals surface area contributed by atoms with Crippen molar-refractivity contribution in [1.82, 2.24) is 10.3 Å². The molecule has 0 aliphatic carbocycles. The summed E-state index contributed by atoms with van der Waals surface area (Å²) in [6.45, 7) is 2.63. The Kier molecular flexibility index (Phi) is 5.44. The first-order valence-corrected chi connectivity index (χ1v) is 7.05. The molecule has 0 saturated heterocycles. The fourth-order valence-corrected chi connectivity index (χ4v) is 2.17. The van der Waals surface area contributed by atoms with Crippen molar-refractivity contribution >= 4 is 6.08 Å². The Morgan fingerprint density at radius 2 is 2.41 bits per heavy atom. The first-order valence-electron chi connectivity index (χ1n) is 7.05. The van der Waals surface area contributed by atoms with Crippen molar-refractivity contribution in [3.8, 4) is 12.0 Å². The minimum absolute atomic E-state index is 0.0148. The second-order valence-corrected chi connectivity index (χ2v) is 4.90. The number of nitrogens with two attached hydrogens (primary N) is 1. The number of nitrogens with one attached hydrogen (secondary N) is 1. The van der Waals surface area contributed by atoms with Gasteiger partial charge in [-0.05, 0) is 41.4 Å². The number of pyridine rings is 1. The molecule has 4 N–H and O–H groups in total. The van der Waals surface area contributed by atoms with Crippen LogP contribution in [-0.2, 0) is 0 Å². The lowest BCUT2D eigenvalue weighted by molar-refractivity contribution is 0.427. The standard InChI is InChI=1S/C18H19N3O/c1-14-10-17(22)5-3-9-21-13-18(14)16(6-7-19)11-15-4-2-8-20-12-15/h2-5,8,10-14,21-22H,9,19H2,1H3/b5-3-,16-11+,17-10+,18-13+. The molecule has 0 saturated carbocycles. The van der Waals surface area contributed by atoms with Crippen molar-refractivity contribution in [2.75, 3.05) is 6.54 Å². The smallest absolute Gasteiger partial charge is 0.111 e. The van der Waals surface area contributed by atoms with E-state index < -0.39 is 0 Å². The molecule has 1 aromatic heterocycles. The van der Waals surface area contributed by atoms with Crippen LogP contribution in [0.25, 0.3) is 6.08 Å². The van der Waals surface area contributed by atoms with Gasteiger partial charge in [-0.15, -0.1) is 0 Å². The van der Waals surface area contributed by atoms with Crippen molar-refractivity contribution < 1.29 is 5.11 Å². The summed E-state index contributed by atoms with van der Waals surface area (Å²) >= 11 is 0. The van der Waals surface area contributed by atoms with E-state index in [2.05, 4.69) is 22.3 Å². The third-order valence-electron chi connectivity index (χ3n) is 3.21. The summed E-state index contributed by atoms with van der Waals surface area (Å²) in [4.78, 5) is 4.10. The zero-order valence-electron chi connectivity index (χ0n) is 12.5. The number of rotatable bonds is 2. The number of nitrogens with zero attached hydrogens (tertiary/aromatic N) is 1. The summed E-state index contributed by atoms with van der Waals surface area (Å²) in [5.74, 6) is 3.16. The molecule has 0 fully saturated rings. The summed E-state index contributed by atoms with van der Waals surface area (Å²) in [6, 6.07) is 6.28. The van der Waals surface area contributed by atoms with Crippen LogP contribution in [0.4, 0.5) is 0 Å². The lowest BCUT2D eigenvalue weighted by atomic mass is 9.93. The Morgan fingerprint density at radius 1 is 1.55 bits per heavy atom. The van der Waals surface area contributed by atoms with Gasteiger partial charge in [-0.1, -0.05) is 19.1 Å². The normalized spacial score (nSPS) is 24.8. The van der Waals surface area contributed by atoms with E-state index in [1.165, 1.54) is 0 Å². The predicted octanol–water partition coefficient (Wildman–Crippen LogP) is 2.51. The Labute approximate surface area is 130 Å². The molecule has 0 radical (unpaired) electrons. The maximum absolute atomic E-state index is 9.86. The van der Waals surface area contributed by atoms with Crippen molar-refractivity contribution in [2.45, 2.75) is 6.92 Å². The Bertz CT molecular complexity index is 688. The molecule has 2 heterocycles. The fraction of sp³-hybridized carbons (Fsp3) is 0.167. The van der Waals surface area contributed by atoms with Crippen molar-refractivity contribution in [1.29, 1.82) is 0 Å². The molecule has 4 nitrogen and oxygen atoms in total. The summed E-state index contributed by atoms with van der Waals surface area (Å²) < 4.78 is 0. The third kappa shape index (κ3) is 4.29. The van der Waals surface area contributed by atoms with Gasteiger partial charge in [0.1, 0.15) is 5.76 Å². The number of hydrogen-bond donors (Lipinski definition) is 3. The average Bonchev–Trinajstić information content (AvgIpc) is 2.58. The molecular weight excluding hydrogens is 274 g/mol. The van der Waals surface area contributed by atoms with Gasteiger partial charge in [0.15, 0.2) is 0 Å². The van der Waals surface area contributed by atoms with Gasteiger partial charge in [-0.2, -0.15) is 0 Å². The lowest BCUT2D eigenvalue weighted by Crippen LogP contribution is -2.09. The first kappa shape index (κ1) is 15.5. The fourth-order valence-electron chi connectivity index (χ4n) is 2.17. The van der Waals surface area contributed by atoms with E-state index in [9.17, 15) is 5.11 Å². The van der Waals surface area contributed by atoms with E-state index in [4.69, 9.17) is 5.73 Å². The zero-order valence-corrected chi connectivity index (χ0v) is 12.5. The molecule has 1 aromatic rings. The van der Waals surface area contributed by atoms with E-state index in [0.717, 1.165) is 16.7 Å². The van der Waals surface area contributed by atoms with Crippen LogP contribution in [0.2, 0.25) is 0 Å². The molecular formula is C18H19N3O. The van der Waals surface area contributed by atoms with Crippen LogP contribution < -0.4 is 11.1 Å². The van der Waals surface area contributed by atoms with Crippen LogP contribution in [0.3, 0.4) is 0 Å². The molecule has 1 unspecified atom stereocenters. The summed E-state index contributed by atoms with van der Waals surface area (Å²) in [5.41, 5.74) is 8.11. The van der Waals surface area contributed by atoms with Gasteiger partial charge in [0.05, 0.1) is 0 Å². The predicted molar refractivity (Wildman–Crippen MR) is 89.3 cm³/mol. The minimum Gasteiger partial charge on any atom is -0.508 e. The van der Waals surface area contributed by atoms with Gasteiger partial charge in [-0.25, -0.2) is 0 Å². The molecule has 2 rings (SSSR count). The van der Waals surface area contributed by atoms with Crippen LogP contribution in [0.15, 0.2) is 65.9 Å². The van der Waals surface area contributed by atoms with Gasteiger partial charge in [-0.3, -0.25) is 4.98 Å². The summed E-state index contributed by atoms with van der Waals surface area (Å²) in [5, 5.41) is 13.1. The van der Waals surface area contributed by atoms with E-state index in [1.54, 1.807) is 24.5 Å². The molecule has 1 atom stereocenters. The topological polar surface area (TPSA) is 71.2 Å². The average molecular weight is 293 g/mol. The lowest BCUT2D eigenvalue weighted by Gasteiger charge is -2.13. The highest BCUT2D eigenvalue weighted by Gasteiger charge is 2.12. The van der Waals surface area contributed by atoms with Crippen LogP contribution in [-0.4, -0.2) is 16.6 Å². The molecule has 22 heavy (non-hydrogen) atoms. The molecule has 1 aliphatic heterocycles. The SMILES string of the molecule is CC1/C=C(O)\C=C/CN/C=C1/C(C#CN)=C/c1cccnc1. The van der Waals surface area contributed by atoms with Crippen LogP contribution in [0, 0.1) is 17.9 Å². The Hall–Kier alpha value is -2.93. The highest BCUT2D eigenvalue weighted by atomic mass is 16.3. The van der Waals surface area contributed by atoms with Crippen molar-refractivity contribution in [3.63, 3.8) is 0 Å². The zero-order chi connectivity index (χ0) is 15.8. The monoisotopic (exact) mass is 293 g/mol. The van der Waals surface area contributed by atoms with Crippen LogP contribution >= 0.6 is 0 Å². The minimum atomic E-state index is -0.0148. The highest BCUT2D eigenvalue weighted by Crippen LogP contribution is 2.23. The molecule has 0 aromatic carbocycles. The van der Waals surface area contributed by atoms with Gasteiger partial charge in [0, 0.05) is 42.7 Å². The van der Waals surface area contributed by atoms with Gasteiger partial charge >= 0.3 is 0 Å². The van der Waals surface area contributed by atoms with Crippen molar-refractivity contribution in [3.05, 3.63) is 71.4 Å². The highest BCUT2D eigenvalue weighted by molar-refractivity contribution is 5.65. The van der Waals surface area contributed by atoms with E-state index in [0.29, 0.717) is 6.54 Å². The van der Waals surface area contributed by atoms with E-state index in [-0.39, 0.29) is 11.7 Å². The second kappa shape index (κ2) is 7.75. The van der Waals surface area contributed by atoms with E-state index >= 15 is 0 Å². The van der Waals surface area contributed by atoms with Gasteiger partial charge in [0.25, 0.3) is 0 Å². The van der Waals surface area contributed by atoms with Crippen LogP contribution in [0.5, 0.6) is 0 Å². The summed E-state index contributed by atoms with van der Waals surface area (Å²) in [7, 11) is 0. The molecule has 4 heteroatoms. The quantitative estimate of drug-likeness (QED) is 0.579. The van der Waals surface area contributed by atoms with Gasteiger partial charge in [0.2, 0.25) is 0 Å². The van der Waals surface area contributed by atoms with Crippen molar-refractivity contribution in [2.24, 2.45) is 11.7 Å². The largest absolute Gasteiger partial charge is 0.508 e. The number of aliphatic hydroxyl groups is 1. The Morgan fingerprint density at radius 3 is 3.14 bits per heavy atom. The Balaban J connectivity index is 2.43. The molecule has 0 amide bonds. The third-order valence-corrected chi connectivity index (χ3v) is 3.21. The molecule has 0 bridgehead atoms. The molecule has 112 valence electrons. The maximum atomic E-state index is 9.86. The molecule has 0 spiro atoms. The first-order chi connectivity index (χ1) is 10.7. The van der Waals surface area contributed by atoms with E-state index in [1.807, 2.05) is 37.4 Å². The van der Waals surface area contributed by atoms with Crippen LogP contribution in [0.1, 0.15) is 12.5 Å². The summed E-state index contributed by atoms with van der Waals surface area (Å²) in [6.07, 6.45) is 12.7. The van der Waals surface area contributed by atoms with Gasteiger partial charge < -0.3 is 16.2 Å².